The molecule has 2 aromatic carbocycles. The Bertz CT molecular complexity index is 1120. The molecule has 30 heavy (non-hydrogen) atoms. The first kappa shape index (κ1) is 21.6. The second-order valence-electron chi connectivity index (χ2n) is 8.43. The van der Waals surface area contributed by atoms with Crippen LogP contribution in [0, 0.1) is 6.92 Å². The van der Waals surface area contributed by atoms with Crippen molar-refractivity contribution in [1.82, 2.24) is 0 Å². The molecule has 0 saturated carbocycles. The fraction of sp³-hybridized carbons (Fsp3) is 0.360. The largest absolute Gasteiger partial charge is 0.471 e. The van der Waals surface area contributed by atoms with Crippen LogP contribution in [0.5, 0.6) is 5.75 Å². The number of carbonyl (C=O) groups is 1. The van der Waals surface area contributed by atoms with Crippen molar-refractivity contribution in [1.29, 1.82) is 0 Å². The molecule has 0 radical (unpaired) electrons. The lowest BCUT2D eigenvalue weighted by molar-refractivity contribution is -0.150. The summed E-state index contributed by atoms with van der Waals surface area (Å²) in [4.78, 5) is 25.4. The Kier molecular flexibility index (Phi) is 6.01. The van der Waals surface area contributed by atoms with Crippen molar-refractivity contribution in [3.8, 4) is 17.1 Å². The van der Waals surface area contributed by atoms with Gasteiger partial charge in [0.2, 0.25) is 11.2 Å². The molecule has 0 aliphatic heterocycles. The summed E-state index contributed by atoms with van der Waals surface area (Å²) in [5.74, 6) is -0.222. The summed E-state index contributed by atoms with van der Waals surface area (Å²) in [7, 11) is 0. The summed E-state index contributed by atoms with van der Waals surface area (Å²) < 4.78 is 16.9. The third kappa shape index (κ3) is 4.40. The molecule has 0 unspecified atom stereocenters. The van der Waals surface area contributed by atoms with E-state index >= 15 is 0 Å². The summed E-state index contributed by atoms with van der Waals surface area (Å²) in [5.41, 5.74) is 2.95. The molecule has 1 aromatic heterocycles. The lowest BCUT2D eigenvalue weighted by atomic mass is 9.86. The van der Waals surface area contributed by atoms with Crippen LogP contribution >= 0.6 is 0 Å². The molecule has 0 bridgehead atoms. The predicted octanol–water partition coefficient (Wildman–Crippen LogP) is 5.40. The monoisotopic (exact) mass is 408 g/mol. The fourth-order valence-corrected chi connectivity index (χ4v) is 3.20. The van der Waals surface area contributed by atoms with E-state index in [4.69, 9.17) is 13.9 Å². The number of hydrogen-bond donors (Lipinski definition) is 0. The highest BCUT2D eigenvalue weighted by Gasteiger charge is 2.24. The topological polar surface area (TPSA) is 65.7 Å². The second kappa shape index (κ2) is 8.34. The summed E-state index contributed by atoms with van der Waals surface area (Å²) in [6.07, 6.45) is -0.942. The van der Waals surface area contributed by atoms with Gasteiger partial charge in [-0.15, -0.1) is 0 Å². The molecule has 158 valence electrons. The Morgan fingerprint density at radius 3 is 2.37 bits per heavy atom. The smallest absolute Gasteiger partial charge is 0.347 e. The number of rotatable bonds is 5. The van der Waals surface area contributed by atoms with Gasteiger partial charge in [0, 0.05) is 5.56 Å². The van der Waals surface area contributed by atoms with Crippen molar-refractivity contribution in [2.45, 2.75) is 53.1 Å². The number of esters is 1. The molecule has 0 amide bonds. The normalized spacial score (nSPS) is 12.6. The van der Waals surface area contributed by atoms with E-state index in [1.165, 1.54) is 0 Å². The molecule has 3 rings (SSSR count). The highest BCUT2D eigenvalue weighted by atomic mass is 16.6. The minimum Gasteiger partial charge on any atom is -0.471 e. The predicted molar refractivity (Wildman–Crippen MR) is 118 cm³/mol. The quantitative estimate of drug-likeness (QED) is 0.529. The van der Waals surface area contributed by atoms with Gasteiger partial charge in [-0.05, 0) is 43.9 Å². The van der Waals surface area contributed by atoms with Gasteiger partial charge in [-0.25, -0.2) is 4.79 Å². The lowest BCUT2D eigenvalue weighted by Crippen LogP contribution is -2.28. The Morgan fingerprint density at radius 2 is 1.77 bits per heavy atom. The first-order chi connectivity index (χ1) is 14.1. The Morgan fingerprint density at radius 1 is 1.10 bits per heavy atom. The summed E-state index contributed by atoms with van der Waals surface area (Å²) >= 11 is 0. The van der Waals surface area contributed by atoms with Crippen LogP contribution in [0.15, 0.2) is 51.7 Å². The van der Waals surface area contributed by atoms with Gasteiger partial charge in [-0.2, -0.15) is 0 Å². The summed E-state index contributed by atoms with van der Waals surface area (Å²) in [6.45, 7) is 11.8. The van der Waals surface area contributed by atoms with Crippen molar-refractivity contribution >= 4 is 16.9 Å². The molecule has 0 aliphatic carbocycles. The molecule has 0 aliphatic rings. The van der Waals surface area contributed by atoms with E-state index in [9.17, 15) is 9.59 Å². The third-order valence-electron chi connectivity index (χ3n) is 4.93. The van der Waals surface area contributed by atoms with E-state index in [0.717, 1.165) is 11.1 Å². The fourth-order valence-electron chi connectivity index (χ4n) is 3.20. The minimum atomic E-state index is -0.942. The molecule has 1 atom stereocenters. The molecule has 0 spiro atoms. The van der Waals surface area contributed by atoms with Crippen LogP contribution in [0.1, 0.15) is 45.7 Å². The van der Waals surface area contributed by atoms with Crippen molar-refractivity contribution in [3.05, 3.63) is 63.8 Å². The van der Waals surface area contributed by atoms with Gasteiger partial charge in [0.25, 0.3) is 0 Å². The van der Waals surface area contributed by atoms with Crippen LogP contribution in [0.25, 0.3) is 22.3 Å². The third-order valence-corrected chi connectivity index (χ3v) is 4.93. The van der Waals surface area contributed by atoms with E-state index in [-0.39, 0.29) is 23.2 Å². The number of hydrogen-bond acceptors (Lipinski definition) is 5. The zero-order chi connectivity index (χ0) is 22.1. The average Bonchev–Trinajstić information content (AvgIpc) is 2.70. The molecule has 5 heteroatoms. The van der Waals surface area contributed by atoms with Crippen molar-refractivity contribution < 1.29 is 18.7 Å². The van der Waals surface area contributed by atoms with Crippen molar-refractivity contribution in [2.24, 2.45) is 0 Å². The SMILES string of the molecule is CCOC(=O)[C@@H](C)Oc1c(-c2ccc(C(C)(C)C)cc2)oc2ccc(C)cc2c1=O. The van der Waals surface area contributed by atoms with Gasteiger partial charge in [-0.3, -0.25) is 4.79 Å². The van der Waals surface area contributed by atoms with Gasteiger partial charge < -0.3 is 13.9 Å². The maximum atomic E-state index is 13.3. The Balaban J connectivity index is 2.17. The molecular formula is C25H28O5. The van der Waals surface area contributed by atoms with Crippen LogP contribution in [-0.2, 0) is 14.9 Å². The highest BCUT2D eigenvalue weighted by molar-refractivity contribution is 5.83. The van der Waals surface area contributed by atoms with Crippen LogP contribution < -0.4 is 10.2 Å². The van der Waals surface area contributed by atoms with Crippen LogP contribution in [-0.4, -0.2) is 18.7 Å². The molecular weight excluding hydrogens is 380 g/mol. The molecule has 0 fully saturated rings. The number of benzene rings is 2. The zero-order valence-electron chi connectivity index (χ0n) is 18.4. The maximum Gasteiger partial charge on any atom is 0.347 e. The number of fused-ring (bicyclic) bond motifs is 1. The number of carbonyl (C=O) groups excluding carboxylic acids is 1. The van der Waals surface area contributed by atoms with Gasteiger partial charge in [0.1, 0.15) is 5.58 Å². The van der Waals surface area contributed by atoms with Gasteiger partial charge >= 0.3 is 5.97 Å². The number of aryl methyl sites for hydroxylation is 1. The molecule has 5 nitrogen and oxygen atoms in total. The van der Waals surface area contributed by atoms with Crippen molar-refractivity contribution in [3.63, 3.8) is 0 Å². The zero-order valence-corrected chi connectivity index (χ0v) is 18.4. The molecule has 0 saturated heterocycles. The highest BCUT2D eigenvalue weighted by Crippen LogP contribution is 2.33. The minimum absolute atomic E-state index is 0.00195. The Hall–Kier alpha value is -3.08. The van der Waals surface area contributed by atoms with E-state index in [0.29, 0.717) is 22.3 Å². The molecule has 3 aromatic rings. The van der Waals surface area contributed by atoms with Crippen LogP contribution in [0.4, 0.5) is 0 Å². The average molecular weight is 408 g/mol. The van der Waals surface area contributed by atoms with Crippen molar-refractivity contribution in [2.75, 3.05) is 6.61 Å². The number of ether oxygens (including phenoxy) is 2. The lowest BCUT2D eigenvalue weighted by Gasteiger charge is -2.20. The Labute approximate surface area is 176 Å². The summed E-state index contributed by atoms with van der Waals surface area (Å²) in [6, 6.07) is 13.2. The van der Waals surface area contributed by atoms with E-state index in [1.54, 1.807) is 26.0 Å². The molecule has 0 N–H and O–H groups in total. The van der Waals surface area contributed by atoms with E-state index < -0.39 is 12.1 Å². The first-order valence-electron chi connectivity index (χ1n) is 10.1. The maximum absolute atomic E-state index is 13.3. The second-order valence-corrected chi connectivity index (χ2v) is 8.43. The van der Waals surface area contributed by atoms with E-state index in [2.05, 4.69) is 20.8 Å². The van der Waals surface area contributed by atoms with Crippen LogP contribution in [0.3, 0.4) is 0 Å². The van der Waals surface area contributed by atoms with Crippen LogP contribution in [0.2, 0.25) is 0 Å². The van der Waals surface area contributed by atoms with Gasteiger partial charge in [0.15, 0.2) is 11.9 Å². The van der Waals surface area contributed by atoms with E-state index in [1.807, 2.05) is 37.3 Å². The first-order valence-corrected chi connectivity index (χ1v) is 10.1. The summed E-state index contributed by atoms with van der Waals surface area (Å²) in [5, 5.41) is 0.413. The molecule has 1 heterocycles. The van der Waals surface area contributed by atoms with Gasteiger partial charge in [-0.1, -0.05) is 56.7 Å². The standard InChI is InChI=1S/C25H28O5/c1-7-28-24(27)16(3)29-23-21(26)19-14-15(2)8-13-20(19)30-22(23)17-9-11-18(12-10-17)25(4,5)6/h8-14,16H,7H2,1-6H3/t16-/m1/s1. The van der Waals surface area contributed by atoms with Gasteiger partial charge in [0.05, 0.1) is 12.0 Å².